The molecule has 0 aliphatic carbocycles. The van der Waals surface area contributed by atoms with Gasteiger partial charge in [0, 0.05) is 37.7 Å². The molecule has 2 aliphatic rings. The maximum absolute atomic E-state index is 13.3. The molecule has 1 unspecified atom stereocenters. The second kappa shape index (κ2) is 7.76. The van der Waals surface area contributed by atoms with Gasteiger partial charge in [-0.3, -0.25) is 4.79 Å². The lowest BCUT2D eigenvalue weighted by atomic mass is 10.0. The number of hydrogen-bond acceptors (Lipinski definition) is 5. The summed E-state index contributed by atoms with van der Waals surface area (Å²) in [7, 11) is -3.58. The number of aromatic nitrogens is 1. The molecule has 0 saturated carbocycles. The van der Waals surface area contributed by atoms with E-state index in [1.807, 2.05) is 18.2 Å². The van der Waals surface area contributed by atoms with Crippen molar-refractivity contribution in [1.82, 2.24) is 9.29 Å². The van der Waals surface area contributed by atoms with Gasteiger partial charge in [0.25, 0.3) is 0 Å². The maximum Gasteiger partial charge on any atom is 0.243 e. The first-order chi connectivity index (χ1) is 14.5. The second-order valence-electron chi connectivity index (χ2n) is 7.86. The van der Waals surface area contributed by atoms with Crippen LogP contribution in [0.15, 0.2) is 53.4 Å². The summed E-state index contributed by atoms with van der Waals surface area (Å²) >= 11 is 1.66. The molecule has 8 heteroatoms. The molecule has 1 amide bonds. The van der Waals surface area contributed by atoms with Crippen molar-refractivity contribution < 1.29 is 13.2 Å². The van der Waals surface area contributed by atoms with E-state index >= 15 is 0 Å². The molecule has 2 aliphatic heterocycles. The zero-order chi connectivity index (χ0) is 20.7. The number of amides is 1. The van der Waals surface area contributed by atoms with Gasteiger partial charge in [0.2, 0.25) is 15.9 Å². The molecule has 2 fully saturated rings. The lowest BCUT2D eigenvalue weighted by Crippen LogP contribution is -2.39. The number of rotatable bonds is 4. The highest BCUT2D eigenvalue weighted by Gasteiger charge is 2.32. The van der Waals surface area contributed by atoms with Gasteiger partial charge in [-0.25, -0.2) is 13.4 Å². The Bertz CT molecular complexity index is 1150. The van der Waals surface area contributed by atoms with E-state index in [2.05, 4.69) is 6.07 Å². The first-order valence-corrected chi connectivity index (χ1v) is 12.5. The summed E-state index contributed by atoms with van der Waals surface area (Å²) in [6, 6.07) is 14.8. The molecular weight excluding hydrogens is 418 g/mol. The Morgan fingerprint density at radius 3 is 2.53 bits per heavy atom. The van der Waals surface area contributed by atoms with Gasteiger partial charge in [-0.15, -0.1) is 11.3 Å². The number of hydrogen-bond donors (Lipinski definition) is 0. The van der Waals surface area contributed by atoms with Crippen molar-refractivity contribution >= 4 is 43.2 Å². The maximum atomic E-state index is 13.3. The van der Waals surface area contributed by atoms with Gasteiger partial charge in [0.15, 0.2) is 0 Å². The summed E-state index contributed by atoms with van der Waals surface area (Å²) in [5.41, 5.74) is 1.74. The minimum absolute atomic E-state index is 0.0975. The van der Waals surface area contributed by atoms with E-state index in [1.165, 1.54) is 0 Å². The smallest absolute Gasteiger partial charge is 0.243 e. The van der Waals surface area contributed by atoms with Gasteiger partial charge in [0.1, 0.15) is 0 Å². The highest BCUT2D eigenvalue weighted by molar-refractivity contribution is 7.89. The minimum atomic E-state index is -3.58. The van der Waals surface area contributed by atoms with Gasteiger partial charge in [-0.1, -0.05) is 12.1 Å². The zero-order valence-corrected chi connectivity index (χ0v) is 18.2. The molecule has 6 nitrogen and oxygen atoms in total. The van der Waals surface area contributed by atoms with Gasteiger partial charge >= 0.3 is 0 Å². The Morgan fingerprint density at radius 1 is 1.00 bits per heavy atom. The minimum Gasteiger partial charge on any atom is -0.312 e. The van der Waals surface area contributed by atoms with Crippen LogP contribution in [0.1, 0.15) is 36.6 Å². The van der Waals surface area contributed by atoms with Crippen molar-refractivity contribution in [2.75, 3.05) is 24.5 Å². The van der Waals surface area contributed by atoms with Crippen LogP contribution < -0.4 is 4.90 Å². The highest BCUT2D eigenvalue weighted by Crippen LogP contribution is 2.35. The molecule has 30 heavy (non-hydrogen) atoms. The fourth-order valence-electron chi connectivity index (χ4n) is 4.30. The Kier molecular flexibility index (Phi) is 5.08. The van der Waals surface area contributed by atoms with Gasteiger partial charge in [-0.05, 0) is 55.7 Å². The number of carbonyl (C=O) groups is 1. The van der Waals surface area contributed by atoms with Gasteiger partial charge in [0.05, 0.1) is 20.1 Å². The Hall–Kier alpha value is -2.29. The van der Waals surface area contributed by atoms with Crippen LogP contribution in [0.3, 0.4) is 0 Å². The number of thiazole rings is 1. The number of carbonyl (C=O) groups excluding carboxylic acids is 1. The number of anilines is 1. The van der Waals surface area contributed by atoms with E-state index in [1.54, 1.807) is 44.8 Å². The first-order valence-electron chi connectivity index (χ1n) is 10.3. The Labute approximate surface area is 180 Å². The molecule has 2 saturated heterocycles. The van der Waals surface area contributed by atoms with Crippen LogP contribution in [0.2, 0.25) is 0 Å². The molecule has 0 bridgehead atoms. The SMILES string of the molecule is O=C1CCCN1c1ccc(S(=O)(=O)N2CCCC(c3nc4ccccc4s3)C2)cc1. The fraction of sp³-hybridized carbons (Fsp3) is 0.364. The van der Waals surface area contributed by atoms with Gasteiger partial charge < -0.3 is 4.90 Å². The largest absolute Gasteiger partial charge is 0.312 e. The van der Waals surface area contributed by atoms with Crippen molar-refractivity contribution in [1.29, 1.82) is 0 Å². The van der Waals surface area contributed by atoms with Crippen molar-refractivity contribution in [2.45, 2.75) is 36.5 Å². The number of nitrogens with zero attached hydrogens (tertiary/aromatic N) is 3. The van der Waals surface area contributed by atoms with E-state index < -0.39 is 10.0 Å². The Balaban J connectivity index is 1.36. The topological polar surface area (TPSA) is 70.6 Å². The lowest BCUT2D eigenvalue weighted by Gasteiger charge is -2.31. The second-order valence-corrected chi connectivity index (χ2v) is 10.9. The van der Waals surface area contributed by atoms with E-state index in [-0.39, 0.29) is 16.7 Å². The van der Waals surface area contributed by atoms with Crippen molar-refractivity contribution in [3.63, 3.8) is 0 Å². The summed E-state index contributed by atoms with van der Waals surface area (Å²) in [6.07, 6.45) is 3.17. The quantitative estimate of drug-likeness (QED) is 0.614. The third-order valence-corrected chi connectivity index (χ3v) is 8.98. The zero-order valence-electron chi connectivity index (χ0n) is 16.5. The van der Waals surface area contributed by atoms with Crippen LogP contribution in [-0.2, 0) is 14.8 Å². The van der Waals surface area contributed by atoms with Crippen LogP contribution in [0.25, 0.3) is 10.2 Å². The molecule has 0 spiro atoms. The normalized spacial score (nSPS) is 20.9. The molecule has 0 radical (unpaired) electrons. The molecule has 1 atom stereocenters. The number of benzene rings is 2. The summed E-state index contributed by atoms with van der Waals surface area (Å²) in [6.45, 7) is 1.67. The molecular formula is C22H23N3O3S2. The number of fused-ring (bicyclic) bond motifs is 1. The van der Waals surface area contributed by atoms with Crippen molar-refractivity contribution in [3.8, 4) is 0 Å². The summed E-state index contributed by atoms with van der Waals surface area (Å²) in [4.78, 5) is 18.7. The molecule has 156 valence electrons. The lowest BCUT2D eigenvalue weighted by molar-refractivity contribution is -0.117. The monoisotopic (exact) mass is 441 g/mol. The molecule has 1 aromatic heterocycles. The summed E-state index contributed by atoms with van der Waals surface area (Å²) in [5.74, 6) is 0.215. The summed E-state index contributed by atoms with van der Waals surface area (Å²) in [5, 5.41) is 1.01. The first kappa shape index (κ1) is 19.7. The van der Waals surface area contributed by atoms with Crippen LogP contribution in [0, 0.1) is 0 Å². The summed E-state index contributed by atoms with van der Waals surface area (Å²) < 4.78 is 29.2. The third kappa shape index (κ3) is 3.53. The molecule has 3 heterocycles. The van der Waals surface area contributed by atoms with Crippen LogP contribution in [-0.4, -0.2) is 43.2 Å². The predicted molar refractivity (Wildman–Crippen MR) is 118 cm³/mol. The standard InChI is InChI=1S/C22H23N3O3S2/c26-21-8-4-14-25(21)17-9-11-18(12-10-17)30(27,28)24-13-3-5-16(15-24)22-23-19-6-1-2-7-20(19)29-22/h1-2,6-7,9-12,16H,3-5,8,13-15H2. The van der Waals surface area contributed by atoms with E-state index in [4.69, 9.17) is 4.98 Å². The fourth-order valence-corrected chi connectivity index (χ4v) is 6.91. The van der Waals surface area contributed by atoms with Crippen LogP contribution in [0.4, 0.5) is 5.69 Å². The van der Waals surface area contributed by atoms with Gasteiger partial charge in [-0.2, -0.15) is 4.31 Å². The number of piperidine rings is 1. The predicted octanol–water partition coefficient (Wildman–Crippen LogP) is 3.99. The molecule has 0 N–H and O–H groups in total. The molecule has 3 aromatic rings. The molecule has 2 aromatic carbocycles. The average molecular weight is 442 g/mol. The highest BCUT2D eigenvalue weighted by atomic mass is 32.2. The van der Waals surface area contributed by atoms with Crippen LogP contribution >= 0.6 is 11.3 Å². The third-order valence-electron chi connectivity index (χ3n) is 5.90. The van der Waals surface area contributed by atoms with Crippen molar-refractivity contribution in [3.05, 3.63) is 53.5 Å². The van der Waals surface area contributed by atoms with E-state index in [0.717, 1.165) is 40.2 Å². The number of sulfonamides is 1. The van der Waals surface area contributed by atoms with E-state index in [9.17, 15) is 13.2 Å². The van der Waals surface area contributed by atoms with E-state index in [0.29, 0.717) is 26.1 Å². The number of para-hydroxylation sites is 1. The van der Waals surface area contributed by atoms with Crippen molar-refractivity contribution in [2.24, 2.45) is 0 Å². The molecule has 5 rings (SSSR count). The average Bonchev–Trinajstić information content (AvgIpc) is 3.40. The Morgan fingerprint density at radius 2 is 1.80 bits per heavy atom. The van der Waals surface area contributed by atoms with Crippen LogP contribution in [0.5, 0.6) is 0 Å².